The van der Waals surface area contributed by atoms with Crippen LogP contribution in [0, 0.1) is 5.92 Å². The van der Waals surface area contributed by atoms with Gasteiger partial charge in [-0.25, -0.2) is 9.97 Å². The Hall–Kier alpha value is -4.12. The van der Waals surface area contributed by atoms with Gasteiger partial charge >= 0.3 is 5.97 Å². The molecule has 51 heavy (non-hydrogen) atoms. The Bertz CT molecular complexity index is 1740. The third-order valence-corrected chi connectivity index (χ3v) is 11.1. The second kappa shape index (κ2) is 16.5. The number of nitrogens with zero attached hydrogens (tertiary/aromatic N) is 3. The monoisotopic (exact) mass is 710 g/mol. The summed E-state index contributed by atoms with van der Waals surface area (Å²) in [7, 11) is 1.38. The average molecular weight is 711 g/mol. The lowest BCUT2D eigenvalue weighted by Gasteiger charge is -2.39. The van der Waals surface area contributed by atoms with Crippen molar-refractivity contribution in [2.24, 2.45) is 5.92 Å². The van der Waals surface area contributed by atoms with Crippen molar-refractivity contribution in [2.75, 3.05) is 26.8 Å². The second-order valence-corrected chi connectivity index (χ2v) is 15.7. The minimum absolute atomic E-state index is 0.0454. The van der Waals surface area contributed by atoms with Crippen molar-refractivity contribution in [1.82, 2.24) is 20.2 Å². The number of epoxide rings is 1. The smallest absolute Gasteiger partial charge is 0.312 e. The number of hydrogen-bond donors (Lipinski definition) is 1. The molecule has 2 fully saturated rings. The molecule has 10 heteroatoms. The highest BCUT2D eigenvalue weighted by Gasteiger charge is 2.46. The Labute approximate surface area is 305 Å². The summed E-state index contributed by atoms with van der Waals surface area (Å²) in [5, 5.41) is 3.48. The van der Waals surface area contributed by atoms with Gasteiger partial charge in [-0.2, -0.15) is 0 Å². The van der Waals surface area contributed by atoms with Gasteiger partial charge in [0.15, 0.2) is 5.82 Å². The number of ether oxygens (including phenoxy) is 3. The van der Waals surface area contributed by atoms with Crippen LogP contribution in [0.25, 0.3) is 22.5 Å². The maximum Gasteiger partial charge on any atom is 0.312 e. The molecule has 1 N–H and O–H groups in total. The Balaban J connectivity index is 1.07. The number of benzene rings is 2. The molecule has 9 nitrogen and oxygen atoms in total. The number of nitrogens with one attached hydrogen (secondary N) is 1. The number of esters is 1. The summed E-state index contributed by atoms with van der Waals surface area (Å²) >= 11 is 1.76. The Morgan fingerprint density at radius 3 is 2.25 bits per heavy atom. The average Bonchev–Trinajstić information content (AvgIpc) is 3.69. The van der Waals surface area contributed by atoms with E-state index in [1.54, 1.807) is 16.2 Å². The fourth-order valence-corrected chi connectivity index (χ4v) is 7.39. The van der Waals surface area contributed by atoms with Gasteiger partial charge in [-0.1, -0.05) is 89.8 Å². The number of amides is 1. The number of thiophene rings is 1. The van der Waals surface area contributed by atoms with Crippen molar-refractivity contribution in [3.63, 3.8) is 0 Å². The van der Waals surface area contributed by atoms with E-state index >= 15 is 0 Å². The van der Waals surface area contributed by atoms with Crippen molar-refractivity contribution in [3.05, 3.63) is 88.4 Å². The molecule has 0 bridgehead atoms. The van der Waals surface area contributed by atoms with Crippen molar-refractivity contribution in [3.8, 4) is 28.3 Å². The Morgan fingerprint density at radius 2 is 1.61 bits per heavy atom. The van der Waals surface area contributed by atoms with Crippen LogP contribution in [0.2, 0.25) is 0 Å². The predicted octanol–water partition coefficient (Wildman–Crippen LogP) is 7.75. The highest BCUT2D eigenvalue weighted by atomic mass is 32.1. The number of rotatable bonds is 16. The first kappa shape index (κ1) is 36.7. The summed E-state index contributed by atoms with van der Waals surface area (Å²) in [6.07, 6.45) is 9.91. The van der Waals surface area contributed by atoms with Crippen molar-refractivity contribution < 1.29 is 23.8 Å². The van der Waals surface area contributed by atoms with E-state index in [9.17, 15) is 9.59 Å². The molecule has 6 rings (SSSR count). The van der Waals surface area contributed by atoms with Crippen LogP contribution in [0.3, 0.4) is 0 Å². The molecule has 4 aromatic rings. The van der Waals surface area contributed by atoms with E-state index in [1.165, 1.54) is 37.7 Å². The standard InChI is InChI=1S/C41H50N4O5S/c1-6-7-8-9-10-21-49-32-17-15-28(16-18-32)30-23-42-37(43-24-30)29-13-11-27(12-14-29)22-33(39(46)45-25-31(26-45)40(47)48-5)44-38-36(50-38)34-19-20-35(51-34)41(2,3)4/h11-20,23-24,31,33,36,38,44H,6-10,21-22,25-26H2,1-5H3/t33-,36?,38?/m0/s1. The molecule has 2 aliphatic heterocycles. The molecule has 3 atom stereocenters. The van der Waals surface area contributed by atoms with E-state index in [1.807, 2.05) is 60.9 Å². The predicted molar refractivity (Wildman–Crippen MR) is 201 cm³/mol. The maximum atomic E-state index is 13.7. The number of methoxy groups -OCH3 is 1. The summed E-state index contributed by atoms with van der Waals surface area (Å²) in [6.45, 7) is 10.3. The molecule has 0 radical (unpaired) electrons. The molecule has 1 amide bonds. The first-order valence-corrected chi connectivity index (χ1v) is 19.0. The van der Waals surface area contributed by atoms with Gasteiger partial charge in [0, 0.05) is 46.4 Å². The highest BCUT2D eigenvalue weighted by molar-refractivity contribution is 7.12. The highest BCUT2D eigenvalue weighted by Crippen LogP contribution is 2.43. The molecule has 2 saturated heterocycles. The number of unbranched alkanes of at least 4 members (excludes halogenated alkanes) is 4. The van der Waals surface area contributed by atoms with Crippen LogP contribution in [0.1, 0.15) is 81.2 Å². The summed E-state index contributed by atoms with van der Waals surface area (Å²) in [5.41, 5.74) is 3.93. The normalized spacial score (nSPS) is 17.9. The van der Waals surface area contributed by atoms with E-state index in [2.05, 4.69) is 55.1 Å². The van der Waals surface area contributed by atoms with E-state index < -0.39 is 6.04 Å². The lowest BCUT2D eigenvalue weighted by atomic mass is 9.95. The molecule has 2 aliphatic rings. The van der Waals surface area contributed by atoms with Crippen molar-refractivity contribution in [1.29, 1.82) is 0 Å². The van der Waals surface area contributed by atoms with Crippen molar-refractivity contribution in [2.45, 2.75) is 90.0 Å². The van der Waals surface area contributed by atoms with Gasteiger partial charge in [0.2, 0.25) is 5.91 Å². The molecule has 2 unspecified atom stereocenters. The van der Waals surface area contributed by atoms with E-state index in [-0.39, 0.29) is 35.5 Å². The number of carbonyl (C=O) groups is 2. The molecule has 0 saturated carbocycles. The number of hydrogen-bond acceptors (Lipinski definition) is 9. The van der Waals surface area contributed by atoms with Gasteiger partial charge in [0.05, 0.1) is 25.7 Å². The molecular formula is C41H50N4O5S. The molecule has 2 aromatic heterocycles. The summed E-state index contributed by atoms with van der Waals surface area (Å²) in [5.74, 6) is 0.909. The molecule has 4 heterocycles. The van der Waals surface area contributed by atoms with E-state index in [0.29, 0.717) is 25.3 Å². The van der Waals surface area contributed by atoms with Gasteiger partial charge in [-0.15, -0.1) is 11.3 Å². The fourth-order valence-electron chi connectivity index (χ4n) is 6.27. The zero-order valence-corrected chi connectivity index (χ0v) is 31.2. The minimum Gasteiger partial charge on any atom is -0.494 e. The van der Waals surface area contributed by atoms with Crippen LogP contribution in [0.4, 0.5) is 0 Å². The maximum absolute atomic E-state index is 13.7. The minimum atomic E-state index is -0.510. The van der Waals surface area contributed by atoms with Gasteiger partial charge < -0.3 is 19.1 Å². The van der Waals surface area contributed by atoms with Gasteiger partial charge in [0.1, 0.15) is 18.1 Å². The summed E-state index contributed by atoms with van der Waals surface area (Å²) < 4.78 is 16.8. The third kappa shape index (κ3) is 9.41. The van der Waals surface area contributed by atoms with Crippen LogP contribution in [-0.4, -0.2) is 65.8 Å². The largest absolute Gasteiger partial charge is 0.494 e. The molecular weight excluding hydrogens is 661 g/mol. The summed E-state index contributed by atoms with van der Waals surface area (Å²) in [6, 6.07) is 19.9. The second-order valence-electron chi connectivity index (χ2n) is 14.6. The van der Waals surface area contributed by atoms with E-state index in [4.69, 9.17) is 14.2 Å². The SMILES string of the molecule is CCCCCCCOc1ccc(-c2cnc(-c3ccc(C[C@H](NC4OC4c4ccc(C(C)(C)C)s4)C(=O)N4CC(C(=O)OC)C4)cc3)nc2)cc1. The van der Waals surface area contributed by atoms with Crippen LogP contribution in [0.15, 0.2) is 73.1 Å². The van der Waals surface area contributed by atoms with Crippen LogP contribution < -0.4 is 10.1 Å². The zero-order chi connectivity index (χ0) is 36.0. The molecule has 270 valence electrons. The zero-order valence-electron chi connectivity index (χ0n) is 30.4. The van der Waals surface area contributed by atoms with Crippen LogP contribution >= 0.6 is 11.3 Å². The first-order valence-electron chi connectivity index (χ1n) is 18.2. The third-order valence-electron chi connectivity index (χ3n) is 9.54. The van der Waals surface area contributed by atoms with Crippen LogP contribution in [0.5, 0.6) is 5.75 Å². The number of aromatic nitrogens is 2. The molecule has 0 spiro atoms. The fraction of sp³-hybridized carbons (Fsp3) is 0.463. The summed E-state index contributed by atoms with van der Waals surface area (Å²) in [4.78, 5) is 39.2. The molecule has 2 aromatic carbocycles. The number of carbonyl (C=O) groups excluding carboxylic acids is 2. The quantitative estimate of drug-likeness (QED) is 0.0715. The lowest BCUT2D eigenvalue weighted by molar-refractivity contribution is -0.156. The van der Waals surface area contributed by atoms with Crippen LogP contribution in [-0.2, 0) is 30.9 Å². The van der Waals surface area contributed by atoms with Crippen molar-refractivity contribution >= 4 is 23.2 Å². The lowest BCUT2D eigenvalue weighted by Crippen LogP contribution is -2.59. The van der Waals surface area contributed by atoms with Gasteiger partial charge in [-0.3, -0.25) is 14.9 Å². The topological polar surface area (TPSA) is 106 Å². The number of likely N-dealkylation sites (tertiary alicyclic amines) is 1. The first-order chi connectivity index (χ1) is 24.6. The van der Waals surface area contributed by atoms with E-state index in [0.717, 1.165) is 45.9 Å². The Morgan fingerprint density at radius 1 is 0.922 bits per heavy atom. The molecule has 0 aliphatic carbocycles. The van der Waals surface area contributed by atoms with Gasteiger partial charge in [0.25, 0.3) is 0 Å². The Kier molecular flexibility index (Phi) is 11.8. The van der Waals surface area contributed by atoms with Gasteiger partial charge in [-0.05, 0) is 53.6 Å².